The van der Waals surface area contributed by atoms with Gasteiger partial charge in [-0.3, -0.25) is 4.98 Å². The standard InChI is InChI=1S/C15H12Cl2N2/c1-19-12(9-14-15(19)3-2-6-18-14)7-10-4-5-11(16)8-13(10)17/h2-6,8-9H,7H2,1H3. The first kappa shape index (κ1) is 12.5. The molecule has 0 aliphatic rings. The second-order valence-electron chi connectivity index (χ2n) is 4.51. The molecule has 0 atom stereocenters. The lowest BCUT2D eigenvalue weighted by Gasteiger charge is -2.06. The first-order chi connectivity index (χ1) is 9.15. The van der Waals surface area contributed by atoms with Crippen molar-refractivity contribution in [3.8, 4) is 0 Å². The summed E-state index contributed by atoms with van der Waals surface area (Å²) in [6, 6.07) is 11.7. The minimum absolute atomic E-state index is 0.660. The molecule has 0 N–H and O–H groups in total. The highest BCUT2D eigenvalue weighted by molar-refractivity contribution is 6.35. The Morgan fingerprint density at radius 3 is 2.74 bits per heavy atom. The minimum atomic E-state index is 0.660. The van der Waals surface area contributed by atoms with Crippen molar-refractivity contribution in [2.45, 2.75) is 6.42 Å². The molecule has 2 nitrogen and oxygen atoms in total. The molecule has 19 heavy (non-hydrogen) atoms. The number of fused-ring (bicyclic) bond motifs is 1. The second-order valence-corrected chi connectivity index (χ2v) is 5.36. The molecular formula is C15H12Cl2N2. The average Bonchev–Trinajstić information content (AvgIpc) is 2.70. The number of aromatic nitrogens is 2. The van der Waals surface area contributed by atoms with E-state index in [1.165, 1.54) is 5.69 Å². The molecule has 0 saturated carbocycles. The van der Waals surface area contributed by atoms with Crippen LogP contribution in [0.5, 0.6) is 0 Å². The van der Waals surface area contributed by atoms with E-state index in [2.05, 4.69) is 21.7 Å². The van der Waals surface area contributed by atoms with Crippen molar-refractivity contribution >= 4 is 34.2 Å². The molecule has 0 aliphatic carbocycles. The fourth-order valence-corrected chi connectivity index (χ4v) is 2.72. The summed E-state index contributed by atoms with van der Waals surface area (Å²) in [6.07, 6.45) is 2.57. The first-order valence-electron chi connectivity index (χ1n) is 5.98. The summed E-state index contributed by atoms with van der Waals surface area (Å²) >= 11 is 12.1. The Hall–Kier alpha value is -1.51. The summed E-state index contributed by atoms with van der Waals surface area (Å²) in [4.78, 5) is 4.37. The lowest BCUT2D eigenvalue weighted by Crippen LogP contribution is -1.97. The van der Waals surface area contributed by atoms with E-state index in [0.29, 0.717) is 10.0 Å². The predicted octanol–water partition coefficient (Wildman–Crippen LogP) is 4.47. The molecule has 3 rings (SSSR count). The van der Waals surface area contributed by atoms with Crippen molar-refractivity contribution < 1.29 is 0 Å². The Bertz CT molecular complexity index is 747. The van der Waals surface area contributed by atoms with Gasteiger partial charge in [-0.1, -0.05) is 29.3 Å². The molecule has 3 aromatic rings. The maximum atomic E-state index is 6.22. The zero-order valence-electron chi connectivity index (χ0n) is 10.4. The Morgan fingerprint density at radius 2 is 2.00 bits per heavy atom. The van der Waals surface area contributed by atoms with Crippen LogP contribution in [0.25, 0.3) is 11.0 Å². The third kappa shape index (κ3) is 2.34. The zero-order valence-corrected chi connectivity index (χ0v) is 11.9. The number of benzene rings is 1. The molecule has 0 unspecified atom stereocenters. The average molecular weight is 291 g/mol. The van der Waals surface area contributed by atoms with Crippen molar-refractivity contribution in [3.63, 3.8) is 0 Å². The smallest absolute Gasteiger partial charge is 0.0883 e. The van der Waals surface area contributed by atoms with Gasteiger partial charge in [-0.2, -0.15) is 0 Å². The van der Waals surface area contributed by atoms with E-state index in [0.717, 1.165) is 23.0 Å². The van der Waals surface area contributed by atoms with Gasteiger partial charge in [0.2, 0.25) is 0 Å². The Balaban J connectivity index is 2.03. The van der Waals surface area contributed by atoms with Gasteiger partial charge >= 0.3 is 0 Å². The van der Waals surface area contributed by atoms with Crippen LogP contribution in [-0.2, 0) is 13.5 Å². The number of rotatable bonds is 2. The van der Waals surface area contributed by atoms with E-state index in [-0.39, 0.29) is 0 Å². The van der Waals surface area contributed by atoms with Crippen LogP contribution in [0.3, 0.4) is 0 Å². The van der Waals surface area contributed by atoms with E-state index < -0.39 is 0 Å². The van der Waals surface area contributed by atoms with Crippen LogP contribution in [0.1, 0.15) is 11.3 Å². The van der Waals surface area contributed by atoms with Crippen LogP contribution in [0.15, 0.2) is 42.6 Å². The summed E-state index contributed by atoms with van der Waals surface area (Å²) in [6.45, 7) is 0. The van der Waals surface area contributed by atoms with E-state index in [1.807, 2.05) is 25.2 Å². The molecule has 0 bridgehead atoms. The normalized spacial score (nSPS) is 11.1. The van der Waals surface area contributed by atoms with Gasteiger partial charge in [0, 0.05) is 35.4 Å². The molecule has 0 amide bonds. The molecule has 0 spiro atoms. The maximum absolute atomic E-state index is 6.22. The van der Waals surface area contributed by atoms with Crippen LogP contribution in [-0.4, -0.2) is 9.55 Å². The maximum Gasteiger partial charge on any atom is 0.0883 e. The van der Waals surface area contributed by atoms with Gasteiger partial charge in [-0.05, 0) is 35.9 Å². The van der Waals surface area contributed by atoms with Crippen molar-refractivity contribution in [2.75, 3.05) is 0 Å². The van der Waals surface area contributed by atoms with Crippen LogP contribution in [0, 0.1) is 0 Å². The van der Waals surface area contributed by atoms with E-state index in [9.17, 15) is 0 Å². The molecule has 0 aliphatic heterocycles. The Kier molecular flexibility index (Phi) is 3.21. The Labute approximate surface area is 121 Å². The zero-order chi connectivity index (χ0) is 13.4. The monoisotopic (exact) mass is 290 g/mol. The number of hydrogen-bond acceptors (Lipinski definition) is 1. The third-order valence-electron chi connectivity index (χ3n) is 3.30. The number of aryl methyl sites for hydroxylation is 1. The minimum Gasteiger partial charge on any atom is -0.346 e. The quantitative estimate of drug-likeness (QED) is 0.681. The van der Waals surface area contributed by atoms with E-state index >= 15 is 0 Å². The van der Waals surface area contributed by atoms with Gasteiger partial charge in [0.25, 0.3) is 0 Å². The van der Waals surface area contributed by atoms with Gasteiger partial charge < -0.3 is 4.57 Å². The molecule has 4 heteroatoms. The van der Waals surface area contributed by atoms with Crippen LogP contribution in [0.4, 0.5) is 0 Å². The highest BCUT2D eigenvalue weighted by atomic mass is 35.5. The molecule has 0 saturated heterocycles. The summed E-state index contributed by atoms with van der Waals surface area (Å²) in [5, 5.41) is 1.36. The summed E-state index contributed by atoms with van der Waals surface area (Å²) < 4.78 is 2.15. The molecule has 0 radical (unpaired) electrons. The number of hydrogen-bond donors (Lipinski definition) is 0. The van der Waals surface area contributed by atoms with Crippen molar-refractivity contribution in [1.82, 2.24) is 9.55 Å². The van der Waals surface area contributed by atoms with Gasteiger partial charge in [0.15, 0.2) is 0 Å². The van der Waals surface area contributed by atoms with Gasteiger partial charge in [0.05, 0.1) is 11.0 Å². The van der Waals surface area contributed by atoms with Crippen LogP contribution < -0.4 is 0 Å². The SMILES string of the molecule is Cn1c(Cc2ccc(Cl)cc2Cl)cc2ncccc21. The third-order valence-corrected chi connectivity index (χ3v) is 3.89. The summed E-state index contributed by atoms with van der Waals surface area (Å²) in [7, 11) is 2.04. The molecule has 2 heterocycles. The van der Waals surface area contributed by atoms with Crippen molar-refractivity contribution in [3.05, 3.63) is 63.9 Å². The lowest BCUT2D eigenvalue weighted by molar-refractivity contribution is 0.880. The highest BCUT2D eigenvalue weighted by Crippen LogP contribution is 2.25. The lowest BCUT2D eigenvalue weighted by atomic mass is 10.1. The predicted molar refractivity (Wildman–Crippen MR) is 80.0 cm³/mol. The summed E-state index contributed by atoms with van der Waals surface area (Å²) in [5.74, 6) is 0. The highest BCUT2D eigenvalue weighted by Gasteiger charge is 2.09. The van der Waals surface area contributed by atoms with Gasteiger partial charge in [0.1, 0.15) is 0 Å². The van der Waals surface area contributed by atoms with E-state index in [4.69, 9.17) is 23.2 Å². The summed E-state index contributed by atoms with van der Waals surface area (Å²) in [5.41, 5.74) is 4.38. The fraction of sp³-hybridized carbons (Fsp3) is 0.133. The largest absolute Gasteiger partial charge is 0.346 e. The van der Waals surface area contributed by atoms with Crippen LogP contribution in [0.2, 0.25) is 10.0 Å². The first-order valence-corrected chi connectivity index (χ1v) is 6.74. The number of pyridine rings is 1. The Morgan fingerprint density at radius 1 is 1.16 bits per heavy atom. The number of halogens is 2. The van der Waals surface area contributed by atoms with Crippen LogP contribution >= 0.6 is 23.2 Å². The molecule has 1 aromatic carbocycles. The fourth-order valence-electron chi connectivity index (χ4n) is 2.24. The molecule has 2 aromatic heterocycles. The second kappa shape index (κ2) is 4.87. The van der Waals surface area contributed by atoms with Crippen molar-refractivity contribution in [2.24, 2.45) is 7.05 Å². The molecular weight excluding hydrogens is 279 g/mol. The van der Waals surface area contributed by atoms with Crippen molar-refractivity contribution in [1.29, 1.82) is 0 Å². The molecule has 96 valence electrons. The van der Waals surface area contributed by atoms with Gasteiger partial charge in [-0.25, -0.2) is 0 Å². The molecule has 0 fully saturated rings. The number of nitrogens with zero attached hydrogens (tertiary/aromatic N) is 2. The van der Waals surface area contributed by atoms with Gasteiger partial charge in [-0.15, -0.1) is 0 Å². The topological polar surface area (TPSA) is 17.8 Å². The van der Waals surface area contributed by atoms with E-state index in [1.54, 1.807) is 12.3 Å².